The molecule has 0 aliphatic carbocycles. The second kappa shape index (κ2) is 5.14. The van der Waals surface area contributed by atoms with Gasteiger partial charge in [0.2, 0.25) is 5.82 Å². The van der Waals surface area contributed by atoms with E-state index in [4.69, 9.17) is 0 Å². The van der Waals surface area contributed by atoms with Crippen LogP contribution in [0, 0.1) is 19.7 Å². The second-order valence-corrected chi connectivity index (χ2v) is 4.17. The molecule has 19 heavy (non-hydrogen) atoms. The highest BCUT2D eigenvalue weighted by molar-refractivity contribution is 5.85. The van der Waals surface area contributed by atoms with Gasteiger partial charge in [0.15, 0.2) is 0 Å². The molecule has 0 aliphatic heterocycles. The summed E-state index contributed by atoms with van der Waals surface area (Å²) in [6.45, 7) is 3.43. The molecule has 0 bridgehead atoms. The molecule has 0 aliphatic rings. The molecule has 0 fully saturated rings. The number of ether oxygens (including phenoxy) is 1. The smallest absolute Gasteiger partial charge is 0.376 e. The van der Waals surface area contributed by atoms with Crippen LogP contribution in [0.15, 0.2) is 24.3 Å². The Hall–Kier alpha value is -2.30. The number of aryl methyl sites for hydroxylation is 2. The summed E-state index contributed by atoms with van der Waals surface area (Å²) in [5.41, 5.74) is 2.46. The molecule has 0 N–H and O–H groups in total. The Balaban J connectivity index is 2.52. The Morgan fingerprint density at radius 1 is 1.21 bits per heavy atom. The highest BCUT2D eigenvalue weighted by atomic mass is 19.1. The molecule has 1 aromatic carbocycles. The summed E-state index contributed by atoms with van der Waals surface area (Å²) < 4.78 is 17.8. The summed E-state index contributed by atoms with van der Waals surface area (Å²) in [5.74, 6) is -0.869. The Kier molecular flexibility index (Phi) is 3.55. The topological polar surface area (TPSA) is 52.1 Å². The number of hydrogen-bond donors (Lipinski definition) is 0. The minimum atomic E-state index is -0.594. The van der Waals surface area contributed by atoms with Crippen LogP contribution in [0.25, 0.3) is 11.3 Å². The fourth-order valence-electron chi connectivity index (χ4n) is 1.70. The van der Waals surface area contributed by atoms with E-state index in [0.717, 1.165) is 5.56 Å². The van der Waals surface area contributed by atoms with Crippen LogP contribution in [-0.2, 0) is 4.74 Å². The molecule has 0 unspecified atom stereocenters. The van der Waals surface area contributed by atoms with Crippen LogP contribution in [0.5, 0.6) is 0 Å². The van der Waals surface area contributed by atoms with Gasteiger partial charge in [0.05, 0.1) is 12.8 Å². The zero-order valence-electron chi connectivity index (χ0n) is 10.9. The van der Waals surface area contributed by atoms with Crippen molar-refractivity contribution in [2.45, 2.75) is 13.8 Å². The molecule has 98 valence electrons. The van der Waals surface area contributed by atoms with Gasteiger partial charge in [0.1, 0.15) is 5.82 Å². The fraction of sp³-hybridized carbons (Fsp3) is 0.214. The maximum absolute atomic E-state index is 13.2. The lowest BCUT2D eigenvalue weighted by molar-refractivity contribution is 0.0586. The Morgan fingerprint density at radius 3 is 2.58 bits per heavy atom. The van der Waals surface area contributed by atoms with Crippen molar-refractivity contribution < 1.29 is 13.9 Å². The fourth-order valence-corrected chi connectivity index (χ4v) is 1.70. The summed E-state index contributed by atoms with van der Waals surface area (Å²) in [6.07, 6.45) is 0. The third kappa shape index (κ3) is 2.76. The summed E-state index contributed by atoms with van der Waals surface area (Å²) in [5, 5.41) is 0. The largest absolute Gasteiger partial charge is 0.463 e. The molecule has 0 saturated carbocycles. The number of hydrogen-bond acceptors (Lipinski definition) is 4. The van der Waals surface area contributed by atoms with Crippen LogP contribution >= 0.6 is 0 Å². The molecule has 0 atom stereocenters. The monoisotopic (exact) mass is 260 g/mol. The van der Waals surface area contributed by atoms with Gasteiger partial charge in [0, 0.05) is 11.3 Å². The van der Waals surface area contributed by atoms with E-state index >= 15 is 0 Å². The van der Waals surface area contributed by atoms with Gasteiger partial charge in [-0.15, -0.1) is 0 Å². The van der Waals surface area contributed by atoms with Crippen molar-refractivity contribution >= 4 is 5.97 Å². The van der Waals surface area contributed by atoms with Gasteiger partial charge in [-0.1, -0.05) is 0 Å². The van der Waals surface area contributed by atoms with Crippen molar-refractivity contribution in [3.05, 3.63) is 47.2 Å². The molecule has 1 heterocycles. The molecule has 0 amide bonds. The van der Waals surface area contributed by atoms with Crippen LogP contribution in [-0.4, -0.2) is 23.0 Å². The van der Waals surface area contributed by atoms with Gasteiger partial charge in [0.25, 0.3) is 0 Å². The van der Waals surface area contributed by atoms with E-state index in [-0.39, 0.29) is 11.6 Å². The number of rotatable bonds is 2. The van der Waals surface area contributed by atoms with Gasteiger partial charge in [-0.3, -0.25) is 0 Å². The van der Waals surface area contributed by atoms with Gasteiger partial charge >= 0.3 is 5.97 Å². The van der Waals surface area contributed by atoms with Gasteiger partial charge in [-0.05, 0) is 43.7 Å². The molecule has 5 heteroatoms. The lowest BCUT2D eigenvalue weighted by Crippen LogP contribution is -2.09. The predicted octanol–water partition coefficient (Wildman–Crippen LogP) is 2.69. The van der Waals surface area contributed by atoms with E-state index in [1.54, 1.807) is 32.0 Å². The Labute approximate surface area is 110 Å². The zero-order valence-corrected chi connectivity index (χ0v) is 10.9. The lowest BCUT2D eigenvalue weighted by Gasteiger charge is -2.06. The quantitative estimate of drug-likeness (QED) is 0.779. The van der Waals surface area contributed by atoms with Crippen LogP contribution in [0.2, 0.25) is 0 Å². The van der Waals surface area contributed by atoms with Crippen molar-refractivity contribution in [1.29, 1.82) is 0 Å². The standard InChI is InChI=1S/C14H13FN2O2/c1-8-6-10(4-5-11(8)15)12-7-9(2)16-13(17-12)14(18)19-3/h4-7H,1-3H3. The minimum absolute atomic E-state index is 0.000483. The summed E-state index contributed by atoms with van der Waals surface area (Å²) >= 11 is 0. The number of aromatic nitrogens is 2. The van der Waals surface area contributed by atoms with E-state index in [9.17, 15) is 9.18 Å². The molecule has 2 rings (SSSR count). The number of methoxy groups -OCH3 is 1. The SMILES string of the molecule is COC(=O)c1nc(C)cc(-c2ccc(F)c(C)c2)n1. The molecular weight excluding hydrogens is 247 g/mol. The maximum Gasteiger partial charge on any atom is 0.376 e. The Bertz CT molecular complexity index is 641. The summed E-state index contributed by atoms with van der Waals surface area (Å²) in [4.78, 5) is 19.6. The first kappa shape index (κ1) is 13.1. The van der Waals surface area contributed by atoms with E-state index in [0.29, 0.717) is 17.0 Å². The molecular formula is C14H13FN2O2. The van der Waals surface area contributed by atoms with E-state index in [1.807, 2.05) is 0 Å². The number of carbonyl (C=O) groups excluding carboxylic acids is 1. The van der Waals surface area contributed by atoms with Crippen molar-refractivity contribution in [3.63, 3.8) is 0 Å². The average Bonchev–Trinajstić information content (AvgIpc) is 2.40. The average molecular weight is 260 g/mol. The minimum Gasteiger partial charge on any atom is -0.463 e. The van der Waals surface area contributed by atoms with Crippen LogP contribution in [0.3, 0.4) is 0 Å². The molecule has 2 aromatic rings. The van der Waals surface area contributed by atoms with E-state index in [2.05, 4.69) is 14.7 Å². The van der Waals surface area contributed by atoms with Crippen molar-refractivity contribution in [2.75, 3.05) is 7.11 Å². The molecule has 4 nitrogen and oxygen atoms in total. The van der Waals surface area contributed by atoms with E-state index < -0.39 is 5.97 Å². The van der Waals surface area contributed by atoms with Crippen LogP contribution in [0.1, 0.15) is 21.9 Å². The summed E-state index contributed by atoms with van der Waals surface area (Å²) in [6, 6.07) is 6.41. The summed E-state index contributed by atoms with van der Waals surface area (Å²) in [7, 11) is 1.27. The van der Waals surface area contributed by atoms with Gasteiger partial charge < -0.3 is 4.74 Å². The molecule has 0 radical (unpaired) electrons. The first-order valence-corrected chi connectivity index (χ1v) is 5.72. The highest BCUT2D eigenvalue weighted by Gasteiger charge is 2.12. The van der Waals surface area contributed by atoms with Crippen molar-refractivity contribution in [2.24, 2.45) is 0 Å². The zero-order chi connectivity index (χ0) is 14.0. The maximum atomic E-state index is 13.2. The van der Waals surface area contributed by atoms with Crippen LogP contribution < -0.4 is 0 Å². The first-order valence-electron chi connectivity index (χ1n) is 5.72. The molecule has 1 aromatic heterocycles. The number of halogens is 1. The van der Waals surface area contributed by atoms with Gasteiger partial charge in [-0.2, -0.15) is 0 Å². The van der Waals surface area contributed by atoms with Crippen LogP contribution in [0.4, 0.5) is 4.39 Å². The normalized spacial score (nSPS) is 10.3. The molecule has 0 spiro atoms. The highest BCUT2D eigenvalue weighted by Crippen LogP contribution is 2.20. The van der Waals surface area contributed by atoms with Crippen molar-refractivity contribution in [3.8, 4) is 11.3 Å². The number of carbonyl (C=O) groups is 1. The first-order chi connectivity index (χ1) is 9.01. The van der Waals surface area contributed by atoms with Gasteiger partial charge in [-0.25, -0.2) is 19.2 Å². The second-order valence-electron chi connectivity index (χ2n) is 4.17. The third-order valence-corrected chi connectivity index (χ3v) is 2.68. The lowest BCUT2D eigenvalue weighted by atomic mass is 10.1. The predicted molar refractivity (Wildman–Crippen MR) is 68.2 cm³/mol. The number of esters is 1. The van der Waals surface area contributed by atoms with Crippen molar-refractivity contribution in [1.82, 2.24) is 9.97 Å². The number of nitrogens with zero attached hydrogens (tertiary/aromatic N) is 2. The van der Waals surface area contributed by atoms with E-state index in [1.165, 1.54) is 13.2 Å². The molecule has 0 saturated heterocycles. The number of benzene rings is 1. The third-order valence-electron chi connectivity index (χ3n) is 2.68. The Morgan fingerprint density at radius 2 is 1.95 bits per heavy atom.